The first-order chi connectivity index (χ1) is 22.5. The Balaban J connectivity index is 1.38. The number of unbranched alkanes of at least 4 members (excludes halogenated alkanes) is 1. The zero-order chi connectivity index (χ0) is 34.0. The molecule has 256 valence electrons. The van der Waals surface area contributed by atoms with Crippen LogP contribution < -0.4 is 16.4 Å². The van der Waals surface area contributed by atoms with E-state index in [0.29, 0.717) is 32.2 Å². The van der Waals surface area contributed by atoms with Gasteiger partial charge in [-0.3, -0.25) is 9.59 Å². The molecule has 0 saturated heterocycles. The van der Waals surface area contributed by atoms with E-state index in [2.05, 4.69) is 16.7 Å². The van der Waals surface area contributed by atoms with Crippen LogP contribution in [0.15, 0.2) is 65.6 Å². The van der Waals surface area contributed by atoms with Crippen molar-refractivity contribution in [1.29, 1.82) is 0 Å². The topological polar surface area (TPSA) is 142 Å². The van der Waals surface area contributed by atoms with Gasteiger partial charge in [0.05, 0.1) is 17.2 Å². The van der Waals surface area contributed by atoms with Gasteiger partial charge in [-0.15, -0.1) is 0 Å². The predicted molar refractivity (Wildman–Crippen MR) is 183 cm³/mol. The Morgan fingerprint density at radius 1 is 1.00 bits per heavy atom. The van der Waals surface area contributed by atoms with Gasteiger partial charge >= 0.3 is 0 Å². The zero-order valence-electron chi connectivity index (χ0n) is 27.5. The van der Waals surface area contributed by atoms with E-state index in [4.69, 9.17) is 5.73 Å². The van der Waals surface area contributed by atoms with Crippen LogP contribution in [0.1, 0.15) is 70.8 Å². The average molecular weight is 669 g/mol. The summed E-state index contributed by atoms with van der Waals surface area (Å²) in [5.74, 6) is -1.15. The molecule has 0 spiro atoms. The SMILES string of the molecule is CC(C)CN([C@H](CO)CCCCNC(=O)[C@H](Cc1ccc2ccccc2c1)NC(=O)C1CCCCC1)S(=O)(=O)c1ccc(F)c(N)c1. The third-order valence-electron chi connectivity index (χ3n) is 8.86. The Labute approximate surface area is 278 Å². The fraction of sp³-hybridized carbons (Fsp3) is 0.500. The number of nitrogens with one attached hydrogen (secondary N) is 2. The molecule has 2 amide bonds. The lowest BCUT2D eigenvalue weighted by atomic mass is 9.88. The van der Waals surface area contributed by atoms with Gasteiger partial charge in [-0.2, -0.15) is 4.31 Å². The quantitative estimate of drug-likeness (QED) is 0.123. The number of amides is 2. The maximum absolute atomic E-state index is 13.8. The van der Waals surface area contributed by atoms with Gasteiger partial charge in [0.2, 0.25) is 21.8 Å². The standard InChI is InChI=1S/C36H49FN4O5S/c1-25(2)23-41(47(45,46)31-17-18-32(37)33(38)22-31)30(24-42)14-8-9-19-39-36(44)34(40-35(43)28-11-4-3-5-12-28)21-26-15-16-27-10-6-7-13-29(27)20-26/h6-7,10,13,15-18,20,22,25,28,30,34,42H,3-5,8-9,11-12,14,19,21,23-24,38H2,1-2H3,(H,39,44)(H,40,43)/t30-,34-/m0/s1. The van der Waals surface area contributed by atoms with Gasteiger partial charge in [-0.05, 0) is 66.1 Å². The van der Waals surface area contributed by atoms with E-state index in [-0.39, 0.29) is 40.8 Å². The van der Waals surface area contributed by atoms with Crippen LogP contribution >= 0.6 is 0 Å². The van der Waals surface area contributed by atoms with E-state index in [1.165, 1.54) is 10.4 Å². The summed E-state index contributed by atoms with van der Waals surface area (Å²) in [5, 5.41) is 18.4. The number of sulfonamides is 1. The van der Waals surface area contributed by atoms with Gasteiger partial charge < -0.3 is 21.5 Å². The maximum Gasteiger partial charge on any atom is 0.243 e. The van der Waals surface area contributed by atoms with E-state index in [9.17, 15) is 27.5 Å². The lowest BCUT2D eigenvalue weighted by molar-refractivity contribution is -0.131. The Kier molecular flexibility index (Phi) is 13.2. The average Bonchev–Trinajstić information content (AvgIpc) is 3.06. The fourth-order valence-corrected chi connectivity index (χ4v) is 8.10. The number of nitrogens with two attached hydrogens (primary N) is 1. The van der Waals surface area contributed by atoms with Gasteiger partial charge in [0.1, 0.15) is 11.9 Å². The molecule has 0 aliphatic heterocycles. The van der Waals surface area contributed by atoms with Gasteiger partial charge in [-0.25, -0.2) is 12.8 Å². The van der Waals surface area contributed by atoms with E-state index < -0.39 is 34.5 Å². The third-order valence-corrected chi connectivity index (χ3v) is 10.8. The number of nitrogens with zero attached hydrogens (tertiary/aromatic N) is 1. The highest BCUT2D eigenvalue weighted by Crippen LogP contribution is 2.26. The van der Waals surface area contributed by atoms with Crippen LogP contribution in [-0.4, -0.2) is 61.4 Å². The molecule has 0 heterocycles. The van der Waals surface area contributed by atoms with E-state index in [1.807, 2.05) is 50.2 Å². The minimum absolute atomic E-state index is 0.0285. The first kappa shape index (κ1) is 36.3. The van der Waals surface area contributed by atoms with Gasteiger partial charge in [0.15, 0.2) is 0 Å². The molecule has 0 bridgehead atoms. The summed E-state index contributed by atoms with van der Waals surface area (Å²) in [5.41, 5.74) is 6.34. The summed E-state index contributed by atoms with van der Waals surface area (Å²) in [6.45, 7) is 3.87. The molecular weight excluding hydrogens is 619 g/mol. The summed E-state index contributed by atoms with van der Waals surface area (Å²) >= 11 is 0. The molecule has 9 nitrogen and oxygen atoms in total. The van der Waals surface area contributed by atoms with Crippen molar-refractivity contribution >= 4 is 38.3 Å². The molecule has 0 radical (unpaired) electrons. The van der Waals surface area contributed by atoms with E-state index in [0.717, 1.165) is 60.6 Å². The Hall–Kier alpha value is -3.54. The second-order valence-corrected chi connectivity index (χ2v) is 14.9. The molecule has 47 heavy (non-hydrogen) atoms. The summed E-state index contributed by atoms with van der Waals surface area (Å²) in [7, 11) is -4.06. The number of aliphatic hydroxyl groups excluding tert-OH is 1. The fourth-order valence-electron chi connectivity index (χ4n) is 6.25. The lowest BCUT2D eigenvalue weighted by Gasteiger charge is -2.31. The molecule has 1 fully saturated rings. The molecule has 5 N–H and O–H groups in total. The number of fused-ring (bicyclic) bond motifs is 1. The highest BCUT2D eigenvalue weighted by Gasteiger charge is 2.32. The van der Waals surface area contributed by atoms with Crippen LogP contribution in [0.4, 0.5) is 10.1 Å². The number of benzene rings is 3. The summed E-state index contributed by atoms with van der Waals surface area (Å²) in [6, 6.07) is 15.9. The van der Waals surface area contributed by atoms with Crippen LogP contribution in [0, 0.1) is 17.7 Å². The Morgan fingerprint density at radius 2 is 1.72 bits per heavy atom. The first-order valence-electron chi connectivity index (χ1n) is 16.7. The minimum Gasteiger partial charge on any atom is -0.396 e. The number of carbonyl (C=O) groups is 2. The van der Waals surface area contributed by atoms with Crippen molar-refractivity contribution in [3.8, 4) is 0 Å². The maximum atomic E-state index is 13.8. The van der Waals surface area contributed by atoms with Crippen molar-refractivity contribution in [2.24, 2.45) is 11.8 Å². The Morgan fingerprint density at radius 3 is 2.40 bits per heavy atom. The van der Waals surface area contributed by atoms with Crippen LogP contribution in [0.3, 0.4) is 0 Å². The smallest absolute Gasteiger partial charge is 0.243 e. The van der Waals surface area contributed by atoms with Crippen molar-refractivity contribution in [3.05, 3.63) is 72.0 Å². The van der Waals surface area contributed by atoms with Crippen molar-refractivity contribution in [2.75, 3.05) is 25.4 Å². The molecule has 2 atom stereocenters. The minimum atomic E-state index is -4.06. The van der Waals surface area contributed by atoms with Crippen molar-refractivity contribution in [3.63, 3.8) is 0 Å². The number of hydrogen-bond acceptors (Lipinski definition) is 6. The third kappa shape index (κ3) is 9.98. The van der Waals surface area contributed by atoms with Crippen molar-refractivity contribution in [2.45, 2.75) is 88.6 Å². The molecule has 3 aromatic rings. The monoisotopic (exact) mass is 668 g/mol. The normalized spacial score (nSPS) is 15.5. The summed E-state index contributed by atoms with van der Waals surface area (Å²) < 4.78 is 42.1. The summed E-state index contributed by atoms with van der Waals surface area (Å²) in [4.78, 5) is 26.5. The van der Waals surface area contributed by atoms with Crippen LogP contribution in [-0.2, 0) is 26.0 Å². The highest BCUT2D eigenvalue weighted by atomic mass is 32.2. The molecule has 1 saturated carbocycles. The summed E-state index contributed by atoms with van der Waals surface area (Å²) in [6.07, 6.45) is 6.62. The van der Waals surface area contributed by atoms with Gasteiger partial charge in [0.25, 0.3) is 0 Å². The van der Waals surface area contributed by atoms with E-state index >= 15 is 0 Å². The van der Waals surface area contributed by atoms with E-state index in [1.54, 1.807) is 0 Å². The molecule has 1 aliphatic rings. The van der Waals surface area contributed by atoms with Gasteiger partial charge in [0, 0.05) is 31.5 Å². The number of hydrogen-bond donors (Lipinski definition) is 4. The number of nitrogen functional groups attached to an aromatic ring is 1. The second kappa shape index (κ2) is 17.0. The molecule has 0 aromatic heterocycles. The molecule has 11 heteroatoms. The molecule has 0 unspecified atom stereocenters. The second-order valence-electron chi connectivity index (χ2n) is 13.1. The van der Waals surface area contributed by atoms with Crippen molar-refractivity contribution < 1.29 is 27.5 Å². The first-order valence-corrected chi connectivity index (χ1v) is 18.2. The number of rotatable bonds is 16. The number of carbonyl (C=O) groups excluding carboxylic acids is 2. The molecule has 3 aromatic carbocycles. The van der Waals surface area contributed by atoms with Crippen LogP contribution in [0.2, 0.25) is 0 Å². The Bertz CT molecular complexity index is 1610. The molecule has 4 rings (SSSR count). The van der Waals surface area contributed by atoms with Crippen LogP contribution in [0.25, 0.3) is 10.8 Å². The highest BCUT2D eigenvalue weighted by molar-refractivity contribution is 7.89. The number of anilines is 1. The largest absolute Gasteiger partial charge is 0.396 e. The number of aliphatic hydroxyl groups is 1. The van der Waals surface area contributed by atoms with Crippen molar-refractivity contribution in [1.82, 2.24) is 14.9 Å². The van der Waals surface area contributed by atoms with Gasteiger partial charge in [-0.1, -0.05) is 82.0 Å². The molecule has 1 aliphatic carbocycles. The zero-order valence-corrected chi connectivity index (χ0v) is 28.3. The molecular formula is C36H49FN4O5S. The lowest BCUT2D eigenvalue weighted by Crippen LogP contribution is -2.50. The number of halogens is 1. The predicted octanol–water partition coefficient (Wildman–Crippen LogP) is 5.16. The van der Waals surface area contributed by atoms with Crippen LogP contribution in [0.5, 0.6) is 0 Å².